The van der Waals surface area contributed by atoms with E-state index in [1.807, 2.05) is 0 Å². The minimum Gasteiger partial charge on any atom is -0.464 e. The monoisotopic (exact) mass is 212 g/mol. The second-order valence-corrected chi connectivity index (χ2v) is 2.82. The lowest BCUT2D eigenvalue weighted by Crippen LogP contribution is -2.39. The molecule has 1 aromatic heterocycles. The molecule has 0 aliphatic carbocycles. The lowest BCUT2D eigenvalue weighted by atomic mass is 10.3. The number of hydrogen-bond donors (Lipinski definition) is 1. The third-order valence-corrected chi connectivity index (χ3v) is 1.65. The van der Waals surface area contributed by atoms with Crippen molar-refractivity contribution in [2.45, 2.75) is 19.9 Å². The summed E-state index contributed by atoms with van der Waals surface area (Å²) in [5.41, 5.74) is 0. The first kappa shape index (κ1) is 11.2. The van der Waals surface area contributed by atoms with Crippen LogP contribution in [0.1, 0.15) is 24.4 Å². The Bertz CT molecular complexity index is 334. The third kappa shape index (κ3) is 3.08. The quantitative estimate of drug-likeness (QED) is 0.728. The van der Waals surface area contributed by atoms with Crippen LogP contribution in [0.4, 0.5) is 0 Å². The Hall–Kier alpha value is -1.85. The molecule has 1 unspecified atom stereocenters. The summed E-state index contributed by atoms with van der Waals surface area (Å²) in [7, 11) is 0. The number of nitrogens with one attached hydrogen (secondary N) is 1. The molecule has 1 aromatic rings. The van der Waals surface area contributed by atoms with Crippen LogP contribution in [-0.2, 0) is 9.53 Å². The lowest BCUT2D eigenvalue weighted by Gasteiger charge is -2.10. The van der Waals surface area contributed by atoms with E-state index in [2.05, 4.69) is 15.0 Å². The second-order valence-electron chi connectivity index (χ2n) is 2.82. The molecule has 0 fully saturated rings. The average molecular weight is 212 g/mol. The van der Waals surface area contributed by atoms with E-state index in [1.54, 1.807) is 6.92 Å². The summed E-state index contributed by atoms with van der Waals surface area (Å²) < 4.78 is 9.34. The highest BCUT2D eigenvalue weighted by atomic mass is 16.5. The Morgan fingerprint density at radius 2 is 2.40 bits per heavy atom. The molecular formula is C9H12N2O4. The molecule has 0 radical (unpaired) electrons. The summed E-state index contributed by atoms with van der Waals surface area (Å²) in [4.78, 5) is 22.5. The minimum absolute atomic E-state index is 0.0612. The van der Waals surface area contributed by atoms with E-state index in [1.165, 1.54) is 19.2 Å². The summed E-state index contributed by atoms with van der Waals surface area (Å²) in [5, 5.41) is 5.80. The van der Waals surface area contributed by atoms with E-state index in [0.717, 1.165) is 0 Å². The van der Waals surface area contributed by atoms with Gasteiger partial charge in [0.15, 0.2) is 0 Å². The van der Waals surface area contributed by atoms with Gasteiger partial charge in [-0.25, -0.2) is 4.79 Å². The maximum Gasteiger partial charge on any atom is 0.328 e. The van der Waals surface area contributed by atoms with Crippen LogP contribution in [0.2, 0.25) is 0 Å². The van der Waals surface area contributed by atoms with Gasteiger partial charge in [-0.05, 0) is 13.8 Å². The molecule has 0 aliphatic rings. The standard InChI is InChI=1S/C9H12N2O4/c1-3-14-9(13)6(2)11-8(12)7-4-5-10-15-7/h4-6H,3H2,1-2H3,(H,11,12). The molecule has 82 valence electrons. The van der Waals surface area contributed by atoms with Crippen LogP contribution < -0.4 is 5.32 Å². The number of ether oxygens (including phenoxy) is 1. The normalized spacial score (nSPS) is 11.9. The van der Waals surface area contributed by atoms with E-state index in [9.17, 15) is 9.59 Å². The van der Waals surface area contributed by atoms with Crippen molar-refractivity contribution in [3.8, 4) is 0 Å². The molecular weight excluding hydrogens is 200 g/mol. The number of nitrogens with zero attached hydrogens (tertiary/aromatic N) is 1. The van der Waals surface area contributed by atoms with Gasteiger partial charge in [0.1, 0.15) is 6.04 Å². The summed E-state index contributed by atoms with van der Waals surface area (Å²) in [6.45, 7) is 3.51. The van der Waals surface area contributed by atoms with Crippen LogP contribution in [0.25, 0.3) is 0 Å². The van der Waals surface area contributed by atoms with Crippen LogP contribution in [-0.4, -0.2) is 29.7 Å². The smallest absolute Gasteiger partial charge is 0.328 e. The Kier molecular flexibility index (Phi) is 3.84. The molecule has 0 saturated heterocycles. The lowest BCUT2D eigenvalue weighted by molar-refractivity contribution is -0.144. The molecule has 1 amide bonds. The van der Waals surface area contributed by atoms with E-state index in [-0.39, 0.29) is 12.4 Å². The fourth-order valence-corrected chi connectivity index (χ4v) is 0.927. The van der Waals surface area contributed by atoms with E-state index in [0.29, 0.717) is 0 Å². The summed E-state index contributed by atoms with van der Waals surface area (Å²) in [6, 6.07) is 0.704. The van der Waals surface area contributed by atoms with Crippen molar-refractivity contribution in [2.75, 3.05) is 6.61 Å². The molecule has 1 rings (SSSR count). The number of rotatable bonds is 4. The highest BCUT2D eigenvalue weighted by molar-refractivity contribution is 5.94. The fourth-order valence-electron chi connectivity index (χ4n) is 0.927. The second kappa shape index (κ2) is 5.14. The van der Waals surface area contributed by atoms with Crippen LogP contribution >= 0.6 is 0 Å². The first-order chi connectivity index (χ1) is 7.15. The van der Waals surface area contributed by atoms with Crippen molar-refractivity contribution in [1.29, 1.82) is 0 Å². The first-order valence-corrected chi connectivity index (χ1v) is 4.53. The van der Waals surface area contributed by atoms with Crippen LogP contribution in [0.15, 0.2) is 16.8 Å². The van der Waals surface area contributed by atoms with Gasteiger partial charge >= 0.3 is 5.97 Å². The van der Waals surface area contributed by atoms with Crippen LogP contribution in [0, 0.1) is 0 Å². The molecule has 0 aliphatic heterocycles. The summed E-state index contributed by atoms with van der Waals surface area (Å²) in [5.74, 6) is -0.912. The van der Waals surface area contributed by atoms with Crippen molar-refractivity contribution < 1.29 is 18.8 Å². The maximum absolute atomic E-state index is 11.4. The largest absolute Gasteiger partial charge is 0.464 e. The van der Waals surface area contributed by atoms with Gasteiger partial charge in [-0.2, -0.15) is 0 Å². The molecule has 0 bridgehead atoms. The molecule has 1 heterocycles. The summed E-state index contributed by atoms with van der Waals surface area (Å²) >= 11 is 0. The zero-order chi connectivity index (χ0) is 11.3. The molecule has 15 heavy (non-hydrogen) atoms. The topological polar surface area (TPSA) is 81.4 Å². The first-order valence-electron chi connectivity index (χ1n) is 4.53. The van der Waals surface area contributed by atoms with Gasteiger partial charge in [-0.15, -0.1) is 0 Å². The Morgan fingerprint density at radius 1 is 1.67 bits per heavy atom. The molecule has 0 saturated carbocycles. The summed E-state index contributed by atoms with van der Waals surface area (Å²) in [6.07, 6.45) is 1.35. The third-order valence-electron chi connectivity index (χ3n) is 1.65. The maximum atomic E-state index is 11.4. The molecule has 1 N–H and O–H groups in total. The number of carbonyl (C=O) groups is 2. The predicted molar refractivity (Wildman–Crippen MR) is 50.1 cm³/mol. The number of esters is 1. The van der Waals surface area contributed by atoms with Crippen molar-refractivity contribution in [3.63, 3.8) is 0 Å². The SMILES string of the molecule is CCOC(=O)C(C)NC(=O)c1ccno1. The van der Waals surface area contributed by atoms with Gasteiger partial charge in [0.25, 0.3) is 5.91 Å². The van der Waals surface area contributed by atoms with Gasteiger partial charge in [0.05, 0.1) is 12.8 Å². The number of aromatic nitrogens is 1. The molecule has 1 atom stereocenters. The molecule has 6 heteroatoms. The van der Waals surface area contributed by atoms with Gasteiger partial charge in [-0.3, -0.25) is 4.79 Å². The zero-order valence-corrected chi connectivity index (χ0v) is 8.52. The predicted octanol–water partition coefficient (Wildman–Crippen LogP) is 0.356. The molecule has 0 aromatic carbocycles. The average Bonchev–Trinajstić information content (AvgIpc) is 2.70. The zero-order valence-electron chi connectivity index (χ0n) is 8.52. The van der Waals surface area contributed by atoms with Crippen molar-refractivity contribution in [1.82, 2.24) is 10.5 Å². The van der Waals surface area contributed by atoms with Crippen molar-refractivity contribution >= 4 is 11.9 Å². The minimum atomic E-state index is -0.706. The van der Waals surface area contributed by atoms with Gasteiger partial charge in [0.2, 0.25) is 5.76 Å². The van der Waals surface area contributed by atoms with E-state index >= 15 is 0 Å². The number of hydrogen-bond acceptors (Lipinski definition) is 5. The Balaban J connectivity index is 2.48. The van der Waals surface area contributed by atoms with E-state index in [4.69, 9.17) is 4.74 Å². The highest BCUT2D eigenvalue weighted by Gasteiger charge is 2.19. The molecule has 0 spiro atoms. The van der Waals surface area contributed by atoms with Crippen molar-refractivity contribution in [3.05, 3.63) is 18.0 Å². The van der Waals surface area contributed by atoms with Gasteiger partial charge in [0, 0.05) is 6.07 Å². The van der Waals surface area contributed by atoms with Crippen molar-refractivity contribution in [2.24, 2.45) is 0 Å². The highest BCUT2D eigenvalue weighted by Crippen LogP contribution is 1.97. The van der Waals surface area contributed by atoms with Crippen LogP contribution in [0.3, 0.4) is 0 Å². The fraction of sp³-hybridized carbons (Fsp3) is 0.444. The number of carbonyl (C=O) groups excluding carboxylic acids is 2. The van der Waals surface area contributed by atoms with E-state index < -0.39 is 17.9 Å². The van der Waals surface area contributed by atoms with Crippen LogP contribution in [0.5, 0.6) is 0 Å². The Morgan fingerprint density at radius 3 is 2.93 bits per heavy atom. The molecule has 6 nitrogen and oxygen atoms in total. The number of amides is 1. The Labute approximate surface area is 86.6 Å². The van der Waals surface area contributed by atoms with Gasteiger partial charge < -0.3 is 14.6 Å². The van der Waals surface area contributed by atoms with Gasteiger partial charge in [-0.1, -0.05) is 5.16 Å².